The van der Waals surface area contributed by atoms with Gasteiger partial charge in [0, 0.05) is 6.42 Å². The maximum atomic E-state index is 11.9. The molecule has 0 amide bonds. The first kappa shape index (κ1) is 26.8. The van der Waals surface area contributed by atoms with Crippen molar-refractivity contribution in [2.24, 2.45) is 34.5 Å². The number of ketones is 1. The molecule has 0 aromatic rings. The highest BCUT2D eigenvalue weighted by atomic mass is 32.1. The third-order valence-electron chi connectivity index (χ3n) is 8.65. The number of rotatable bonds is 1. The minimum absolute atomic E-state index is 0.0556. The zero-order valence-corrected chi connectivity index (χ0v) is 21.2. The quantitative estimate of drug-likeness (QED) is 0.338. The van der Waals surface area contributed by atoms with Gasteiger partial charge in [-0.3, -0.25) is 4.79 Å². The molecule has 0 aromatic carbocycles. The van der Waals surface area contributed by atoms with Gasteiger partial charge in [0.05, 0.1) is 5.94 Å². The largest absolute Gasteiger partial charge is 0.386 e. The third kappa shape index (κ3) is 5.14. The molecule has 29 heavy (non-hydrogen) atoms. The summed E-state index contributed by atoms with van der Waals surface area (Å²) in [6.45, 7) is 15.5. The van der Waals surface area contributed by atoms with Crippen molar-refractivity contribution in [1.29, 1.82) is 0 Å². The number of carbonyl (C=O) groups is 1. The van der Waals surface area contributed by atoms with E-state index in [0.29, 0.717) is 16.6 Å². The van der Waals surface area contributed by atoms with Gasteiger partial charge in [-0.1, -0.05) is 60.5 Å². The Morgan fingerprint density at radius 3 is 2.21 bits per heavy atom. The van der Waals surface area contributed by atoms with E-state index in [1.165, 1.54) is 50.5 Å². The van der Waals surface area contributed by atoms with Crippen LogP contribution < -0.4 is 0 Å². The van der Waals surface area contributed by atoms with Crippen molar-refractivity contribution in [3.63, 3.8) is 0 Å². The van der Waals surface area contributed by atoms with Crippen molar-refractivity contribution in [3.05, 3.63) is 11.6 Å². The van der Waals surface area contributed by atoms with Crippen LogP contribution in [-0.4, -0.2) is 16.8 Å². The number of fused-ring (bicyclic) bond motifs is 5. The lowest BCUT2D eigenvalue weighted by Gasteiger charge is -2.58. The summed E-state index contributed by atoms with van der Waals surface area (Å²) in [6, 6.07) is 0. The predicted molar refractivity (Wildman–Crippen MR) is 129 cm³/mol. The fourth-order valence-corrected chi connectivity index (χ4v) is 7.34. The van der Waals surface area contributed by atoms with Crippen molar-refractivity contribution in [3.8, 4) is 0 Å². The van der Waals surface area contributed by atoms with Crippen molar-refractivity contribution < 1.29 is 9.90 Å². The minimum Gasteiger partial charge on any atom is -0.386 e. The summed E-state index contributed by atoms with van der Waals surface area (Å²) in [4.78, 5) is 11.9. The van der Waals surface area contributed by atoms with Gasteiger partial charge in [0.25, 0.3) is 0 Å². The molecule has 170 valence electrons. The van der Waals surface area contributed by atoms with E-state index < -0.39 is 0 Å². The van der Waals surface area contributed by atoms with Crippen molar-refractivity contribution >= 4 is 18.4 Å². The highest BCUT2D eigenvalue weighted by Gasteiger charge is 2.58. The molecule has 0 saturated heterocycles. The Balaban J connectivity index is 0.000000540. The molecule has 0 radical (unpaired) electrons. The van der Waals surface area contributed by atoms with E-state index in [0.717, 1.165) is 36.5 Å². The molecule has 3 fully saturated rings. The summed E-state index contributed by atoms with van der Waals surface area (Å²) in [5, 5.41) is 7.43. The minimum atomic E-state index is -0.0556. The second-order valence-electron chi connectivity index (χ2n) is 9.34. The van der Waals surface area contributed by atoms with Gasteiger partial charge in [-0.05, 0) is 85.5 Å². The van der Waals surface area contributed by atoms with Crippen LogP contribution in [0, 0.1) is 34.5 Å². The molecule has 0 aromatic heterocycles. The van der Waals surface area contributed by atoms with E-state index in [1.54, 1.807) is 0 Å². The summed E-state index contributed by atoms with van der Waals surface area (Å²) in [5.41, 5.74) is 2.49. The molecule has 1 N–H and O–H groups in total. The molecule has 0 aliphatic heterocycles. The lowest BCUT2D eigenvalue weighted by molar-refractivity contribution is -0.117. The fourth-order valence-electron chi connectivity index (χ4n) is 7.34. The van der Waals surface area contributed by atoms with Crippen molar-refractivity contribution in [2.45, 2.75) is 106 Å². The summed E-state index contributed by atoms with van der Waals surface area (Å²) in [7, 11) is 0. The molecule has 4 aliphatic carbocycles. The van der Waals surface area contributed by atoms with E-state index in [-0.39, 0.29) is 5.94 Å². The summed E-state index contributed by atoms with van der Waals surface area (Å²) in [6.07, 6.45) is 13.7. The van der Waals surface area contributed by atoms with Crippen LogP contribution in [0.3, 0.4) is 0 Å². The molecule has 4 rings (SSSR count). The zero-order chi connectivity index (χ0) is 22.2. The van der Waals surface area contributed by atoms with Gasteiger partial charge in [-0.15, -0.1) is 0 Å². The Morgan fingerprint density at radius 1 is 1.00 bits per heavy atom. The molecule has 6 atom stereocenters. The second kappa shape index (κ2) is 11.9. The molecule has 2 nitrogen and oxygen atoms in total. The summed E-state index contributed by atoms with van der Waals surface area (Å²) in [5.74, 6) is 4.06. The molecule has 0 heterocycles. The first-order chi connectivity index (χ1) is 13.9. The van der Waals surface area contributed by atoms with Crippen LogP contribution in [0.25, 0.3) is 0 Å². The molecular formula is C26H48O2S. The number of carbonyl (C=O) groups excluding carboxylic acids is 1. The average molecular weight is 425 g/mol. The van der Waals surface area contributed by atoms with Gasteiger partial charge in [0.2, 0.25) is 0 Å². The van der Waals surface area contributed by atoms with Crippen LogP contribution in [0.2, 0.25) is 0 Å². The maximum Gasteiger partial charge on any atom is 0.155 e. The van der Waals surface area contributed by atoms with Crippen LogP contribution >= 0.6 is 12.6 Å². The Kier molecular flexibility index (Phi) is 11.0. The normalized spacial score (nSPS) is 39.6. The molecule has 4 aliphatic rings. The predicted octanol–water partition coefficient (Wildman–Crippen LogP) is 7.46. The Bertz CT molecular complexity index is 543. The molecule has 3 saturated carbocycles. The summed E-state index contributed by atoms with van der Waals surface area (Å²) < 4.78 is 0. The molecule has 6 unspecified atom stereocenters. The van der Waals surface area contributed by atoms with Gasteiger partial charge < -0.3 is 5.11 Å². The maximum absolute atomic E-state index is 11.9. The van der Waals surface area contributed by atoms with Gasteiger partial charge >= 0.3 is 0 Å². The first-order valence-corrected chi connectivity index (χ1v) is 13.0. The van der Waals surface area contributed by atoms with Crippen LogP contribution in [0.15, 0.2) is 11.6 Å². The van der Waals surface area contributed by atoms with E-state index in [1.807, 2.05) is 33.8 Å². The molecule has 0 spiro atoms. The topological polar surface area (TPSA) is 37.3 Å². The SMILES string of the molecule is CC.CC.CCC1CCC2C3CCC4=CC(=O)CCC4(C)C3CCC12C.OCS. The first-order valence-electron chi connectivity index (χ1n) is 12.4. The number of allylic oxidation sites excluding steroid dienone is 1. The van der Waals surface area contributed by atoms with Crippen LogP contribution in [-0.2, 0) is 4.79 Å². The highest BCUT2D eigenvalue weighted by molar-refractivity contribution is 7.80. The van der Waals surface area contributed by atoms with Crippen LogP contribution in [0.5, 0.6) is 0 Å². The second-order valence-corrected chi connectivity index (χ2v) is 9.62. The fraction of sp³-hybridized carbons (Fsp3) is 0.885. The molecule has 3 heteroatoms. The number of thiol groups is 1. The molecule has 0 bridgehead atoms. The lowest BCUT2D eigenvalue weighted by Crippen LogP contribution is -2.50. The number of hydrogen-bond donors (Lipinski definition) is 2. The Labute approximate surface area is 186 Å². The smallest absolute Gasteiger partial charge is 0.155 e. The number of aliphatic hydroxyl groups is 1. The zero-order valence-electron chi connectivity index (χ0n) is 20.3. The number of aliphatic hydroxyl groups excluding tert-OH is 1. The van der Waals surface area contributed by atoms with E-state index in [4.69, 9.17) is 5.11 Å². The van der Waals surface area contributed by atoms with Crippen LogP contribution in [0.1, 0.15) is 106 Å². The van der Waals surface area contributed by atoms with Gasteiger partial charge in [-0.2, -0.15) is 12.6 Å². The molecular weight excluding hydrogens is 376 g/mol. The standard InChI is InChI=1S/C21H32O.2C2H6.CH4OS/c1-4-14-6-8-18-17-7-5-15-13-16(22)9-11-21(15,3)19(17)10-12-20(14,18)2;2*1-2;2-1-3/h13-14,17-19H,4-12H2,1-3H3;2*1-2H3;2-3H,1H2. The van der Waals surface area contributed by atoms with Gasteiger partial charge in [-0.25, -0.2) is 0 Å². The highest BCUT2D eigenvalue weighted by Crippen LogP contribution is 2.66. The Hall–Kier alpha value is -0.280. The lowest BCUT2D eigenvalue weighted by atomic mass is 9.47. The van der Waals surface area contributed by atoms with Crippen molar-refractivity contribution in [2.75, 3.05) is 5.94 Å². The van der Waals surface area contributed by atoms with Gasteiger partial charge in [0.15, 0.2) is 5.78 Å². The average Bonchev–Trinajstić information content (AvgIpc) is 3.08. The van der Waals surface area contributed by atoms with E-state index in [9.17, 15) is 4.79 Å². The van der Waals surface area contributed by atoms with E-state index >= 15 is 0 Å². The van der Waals surface area contributed by atoms with Crippen molar-refractivity contribution in [1.82, 2.24) is 0 Å². The number of hydrogen-bond acceptors (Lipinski definition) is 3. The van der Waals surface area contributed by atoms with E-state index in [2.05, 4.69) is 33.4 Å². The summed E-state index contributed by atoms with van der Waals surface area (Å²) >= 11 is 3.34. The van der Waals surface area contributed by atoms with Gasteiger partial charge in [0.1, 0.15) is 0 Å². The monoisotopic (exact) mass is 424 g/mol. The third-order valence-corrected chi connectivity index (χ3v) is 8.65. The Morgan fingerprint density at radius 2 is 1.62 bits per heavy atom. The van der Waals surface area contributed by atoms with Crippen LogP contribution in [0.4, 0.5) is 0 Å².